The highest BCUT2D eigenvalue weighted by Crippen LogP contribution is 2.38. The van der Waals surface area contributed by atoms with Gasteiger partial charge in [0, 0.05) is 5.75 Å². The van der Waals surface area contributed by atoms with Crippen LogP contribution in [0, 0.1) is 5.82 Å². The number of hydrogen-bond donors (Lipinski definition) is 1. The quantitative estimate of drug-likeness (QED) is 0.541. The molecule has 2 aromatic carbocycles. The van der Waals surface area contributed by atoms with Crippen LogP contribution in [0.25, 0.3) is 0 Å². The van der Waals surface area contributed by atoms with Crippen LogP contribution >= 0.6 is 11.8 Å². The number of benzene rings is 2. The minimum atomic E-state index is -2.70. The molecule has 0 spiro atoms. The smallest absolute Gasteiger partial charge is 0.351 e. The standard InChI is InChI=1S/C24H28FN3O3SSi/c1-24(2,3)33(17-10-6-4-7-11-17,18-12-8-5-9-13-18)30-15-21-31-20(16-32-21)28-14-19(25)22(26)27-23(28)29/h4-14,20-21H,15-16H2,1-3H3,(H2,26,27,29)/t20-,21+/m1/s1. The molecule has 3 aromatic rings. The van der Waals surface area contributed by atoms with Crippen LogP contribution in [0.3, 0.4) is 0 Å². The van der Waals surface area contributed by atoms with E-state index >= 15 is 0 Å². The summed E-state index contributed by atoms with van der Waals surface area (Å²) in [4.78, 5) is 15.7. The molecule has 0 radical (unpaired) electrons. The van der Waals surface area contributed by atoms with Crippen LogP contribution < -0.4 is 21.8 Å². The molecule has 0 saturated carbocycles. The van der Waals surface area contributed by atoms with Crippen molar-refractivity contribution in [3.63, 3.8) is 0 Å². The van der Waals surface area contributed by atoms with E-state index in [9.17, 15) is 9.18 Å². The van der Waals surface area contributed by atoms with Crippen LogP contribution in [0.15, 0.2) is 71.7 Å². The summed E-state index contributed by atoms with van der Waals surface area (Å²) in [5.41, 5.74) is 4.47. The predicted octanol–water partition coefficient (Wildman–Crippen LogP) is 3.13. The van der Waals surface area contributed by atoms with E-state index in [0.29, 0.717) is 12.4 Å². The third-order valence-electron chi connectivity index (χ3n) is 5.83. The second kappa shape index (κ2) is 9.42. The topological polar surface area (TPSA) is 79.4 Å². The number of nitrogen functional groups attached to an aromatic ring is 1. The van der Waals surface area contributed by atoms with Gasteiger partial charge in [-0.25, -0.2) is 9.18 Å². The van der Waals surface area contributed by atoms with Gasteiger partial charge in [0.2, 0.25) is 0 Å². The summed E-state index contributed by atoms with van der Waals surface area (Å²) in [6, 6.07) is 20.7. The summed E-state index contributed by atoms with van der Waals surface area (Å²) in [6.07, 6.45) is 0.430. The molecule has 9 heteroatoms. The summed E-state index contributed by atoms with van der Waals surface area (Å²) in [6.45, 7) is 6.99. The van der Waals surface area contributed by atoms with E-state index in [0.717, 1.165) is 10.8 Å². The van der Waals surface area contributed by atoms with E-state index in [1.165, 1.54) is 22.1 Å². The zero-order valence-electron chi connectivity index (χ0n) is 18.9. The number of hydrogen-bond acceptors (Lipinski definition) is 6. The van der Waals surface area contributed by atoms with Crippen LogP contribution in [0.1, 0.15) is 27.0 Å². The van der Waals surface area contributed by atoms with E-state index in [4.69, 9.17) is 14.9 Å². The van der Waals surface area contributed by atoms with Crippen molar-refractivity contribution < 1.29 is 13.6 Å². The Morgan fingerprint density at radius 2 is 1.73 bits per heavy atom. The second-order valence-corrected chi connectivity index (χ2v) is 14.5. The second-order valence-electron chi connectivity index (χ2n) is 8.99. The Balaban J connectivity index is 1.61. The van der Waals surface area contributed by atoms with Gasteiger partial charge >= 0.3 is 5.69 Å². The maximum Gasteiger partial charge on any atom is 0.351 e. The van der Waals surface area contributed by atoms with Gasteiger partial charge in [0.05, 0.1) is 12.8 Å². The van der Waals surface area contributed by atoms with E-state index < -0.39 is 31.9 Å². The van der Waals surface area contributed by atoms with Crippen molar-refractivity contribution in [2.75, 3.05) is 18.1 Å². The minimum absolute atomic E-state index is 0.153. The van der Waals surface area contributed by atoms with E-state index in [1.807, 2.05) is 36.4 Å². The average Bonchev–Trinajstić information content (AvgIpc) is 3.26. The number of halogens is 1. The molecule has 0 bridgehead atoms. The SMILES string of the molecule is CC(C)(C)[Si](OC[C@H]1O[C@@H](n2cc(F)c(N)nc2=O)CS1)(c1ccccc1)c1ccccc1. The van der Waals surface area contributed by atoms with E-state index in [2.05, 4.69) is 50.0 Å². The Morgan fingerprint density at radius 3 is 2.27 bits per heavy atom. The van der Waals surface area contributed by atoms with Crippen molar-refractivity contribution in [3.05, 3.63) is 83.2 Å². The molecule has 1 fully saturated rings. The first-order valence-corrected chi connectivity index (χ1v) is 13.7. The molecule has 1 aliphatic heterocycles. The largest absolute Gasteiger partial charge is 0.404 e. The number of nitrogens with zero attached hydrogens (tertiary/aromatic N) is 2. The molecule has 33 heavy (non-hydrogen) atoms. The van der Waals surface area contributed by atoms with Gasteiger partial charge in [0.25, 0.3) is 8.32 Å². The summed E-state index contributed by atoms with van der Waals surface area (Å²) in [5.74, 6) is -0.664. The molecule has 1 saturated heterocycles. The Kier molecular flexibility index (Phi) is 6.76. The van der Waals surface area contributed by atoms with Crippen LogP contribution in [-0.2, 0) is 9.16 Å². The number of anilines is 1. The van der Waals surface area contributed by atoms with Crippen LogP contribution in [0.5, 0.6) is 0 Å². The molecule has 0 unspecified atom stereocenters. The monoisotopic (exact) mass is 485 g/mol. The Bertz CT molecular complexity index is 1120. The number of rotatable bonds is 6. The molecule has 2 atom stereocenters. The third-order valence-corrected chi connectivity index (χ3v) is 11.9. The fourth-order valence-electron chi connectivity index (χ4n) is 4.30. The van der Waals surface area contributed by atoms with Crippen LogP contribution in [0.4, 0.5) is 10.2 Å². The van der Waals surface area contributed by atoms with Crippen molar-refractivity contribution >= 4 is 36.3 Å². The van der Waals surface area contributed by atoms with Gasteiger partial charge in [0.15, 0.2) is 11.6 Å². The molecule has 1 aliphatic rings. The number of aromatic nitrogens is 2. The summed E-state index contributed by atoms with van der Waals surface area (Å²) < 4.78 is 28.0. The van der Waals surface area contributed by atoms with Gasteiger partial charge in [-0.3, -0.25) is 4.57 Å². The molecule has 174 valence electrons. The normalized spacial score (nSPS) is 19.0. The van der Waals surface area contributed by atoms with Crippen molar-refractivity contribution in [2.24, 2.45) is 0 Å². The molecule has 6 nitrogen and oxygen atoms in total. The summed E-state index contributed by atoms with van der Waals surface area (Å²) in [5, 5.41) is 2.22. The van der Waals surface area contributed by atoms with Crippen molar-refractivity contribution in [1.82, 2.24) is 9.55 Å². The predicted molar refractivity (Wildman–Crippen MR) is 133 cm³/mol. The van der Waals surface area contributed by atoms with Gasteiger partial charge < -0.3 is 14.9 Å². The zero-order valence-corrected chi connectivity index (χ0v) is 20.7. The molecular weight excluding hydrogens is 457 g/mol. The fraction of sp³-hybridized carbons (Fsp3) is 0.333. The fourth-order valence-corrected chi connectivity index (χ4v) is 9.96. The van der Waals surface area contributed by atoms with Crippen molar-refractivity contribution in [1.29, 1.82) is 0 Å². The lowest BCUT2D eigenvalue weighted by Crippen LogP contribution is -2.67. The highest BCUT2D eigenvalue weighted by molar-refractivity contribution is 8.00. The van der Waals surface area contributed by atoms with E-state index in [1.54, 1.807) is 0 Å². The van der Waals surface area contributed by atoms with Crippen molar-refractivity contribution in [2.45, 2.75) is 37.5 Å². The molecule has 2 N–H and O–H groups in total. The lowest BCUT2D eigenvalue weighted by molar-refractivity contribution is -0.00398. The molecule has 4 rings (SSSR count). The Labute approximate surface area is 198 Å². The van der Waals surface area contributed by atoms with Gasteiger partial charge in [-0.2, -0.15) is 4.98 Å². The maximum atomic E-state index is 13.9. The lowest BCUT2D eigenvalue weighted by Gasteiger charge is -2.43. The first-order chi connectivity index (χ1) is 15.7. The third kappa shape index (κ3) is 4.63. The summed E-state index contributed by atoms with van der Waals surface area (Å²) in [7, 11) is -2.70. The lowest BCUT2D eigenvalue weighted by atomic mass is 10.2. The number of thioether (sulfide) groups is 1. The van der Waals surface area contributed by atoms with Gasteiger partial charge in [-0.1, -0.05) is 81.4 Å². The van der Waals surface area contributed by atoms with Crippen LogP contribution in [-0.4, -0.2) is 35.7 Å². The van der Waals surface area contributed by atoms with Gasteiger partial charge in [-0.15, -0.1) is 11.8 Å². The molecule has 0 aliphatic carbocycles. The first-order valence-electron chi connectivity index (χ1n) is 10.8. The van der Waals surface area contributed by atoms with Gasteiger partial charge in [-0.05, 0) is 15.4 Å². The average molecular weight is 486 g/mol. The maximum absolute atomic E-state index is 13.9. The number of ether oxygens (including phenoxy) is 1. The van der Waals surface area contributed by atoms with E-state index in [-0.39, 0.29) is 10.5 Å². The van der Waals surface area contributed by atoms with Crippen LogP contribution in [0.2, 0.25) is 5.04 Å². The van der Waals surface area contributed by atoms with Crippen molar-refractivity contribution in [3.8, 4) is 0 Å². The highest BCUT2D eigenvalue weighted by atomic mass is 32.2. The summed E-state index contributed by atoms with van der Waals surface area (Å²) >= 11 is 1.54. The van der Waals surface area contributed by atoms with Gasteiger partial charge in [0.1, 0.15) is 11.7 Å². The molecule has 0 amide bonds. The Morgan fingerprint density at radius 1 is 1.15 bits per heavy atom. The zero-order chi connectivity index (χ0) is 23.6. The number of nitrogens with two attached hydrogens (primary N) is 1. The first kappa shape index (κ1) is 23.7. The molecular formula is C24H28FN3O3SSi. The molecule has 1 aromatic heterocycles. The highest BCUT2D eigenvalue weighted by Gasteiger charge is 2.50. The minimum Gasteiger partial charge on any atom is -0.404 e. The molecule has 2 heterocycles. The Hall–Kier alpha value is -2.46.